The minimum atomic E-state index is 0.195. The number of hydrogen-bond donors (Lipinski definition) is 1. The van der Waals surface area contributed by atoms with Gasteiger partial charge in [0.2, 0.25) is 0 Å². The van der Waals surface area contributed by atoms with Gasteiger partial charge in [-0.05, 0) is 51.9 Å². The van der Waals surface area contributed by atoms with Crippen molar-refractivity contribution >= 4 is 0 Å². The van der Waals surface area contributed by atoms with Gasteiger partial charge in [0, 0.05) is 6.54 Å². The van der Waals surface area contributed by atoms with Gasteiger partial charge in [0.1, 0.15) is 0 Å². The van der Waals surface area contributed by atoms with Crippen LogP contribution in [0.4, 0.5) is 0 Å². The van der Waals surface area contributed by atoms with E-state index in [2.05, 4.69) is 60.1 Å². The molecule has 3 nitrogen and oxygen atoms in total. The molecule has 102 valence electrons. The van der Waals surface area contributed by atoms with Gasteiger partial charge in [-0.3, -0.25) is 4.68 Å². The van der Waals surface area contributed by atoms with Crippen LogP contribution in [0.25, 0.3) is 0 Å². The molecule has 2 rings (SSSR count). The van der Waals surface area contributed by atoms with Gasteiger partial charge in [0.15, 0.2) is 0 Å². The Labute approximate surface area is 115 Å². The first kappa shape index (κ1) is 13.8. The Kier molecular flexibility index (Phi) is 4.05. The van der Waals surface area contributed by atoms with Gasteiger partial charge in [0.25, 0.3) is 0 Å². The molecule has 0 saturated carbocycles. The highest BCUT2D eigenvalue weighted by Crippen LogP contribution is 2.26. The van der Waals surface area contributed by atoms with Crippen molar-refractivity contribution in [2.24, 2.45) is 0 Å². The molecule has 1 N–H and O–H groups in total. The third-order valence-electron chi connectivity index (χ3n) is 3.56. The standard InChI is InChI=1S/C16H23N3/c1-6-19-15(10-13(4)18-19)16(17-5)14-9-11(2)7-8-12(14)3/h7-10,16-17H,6H2,1-5H3. The molecule has 0 aliphatic heterocycles. The Morgan fingerprint density at radius 1 is 1.21 bits per heavy atom. The van der Waals surface area contributed by atoms with Crippen LogP contribution in [0.15, 0.2) is 24.3 Å². The zero-order valence-electron chi connectivity index (χ0n) is 12.5. The van der Waals surface area contributed by atoms with E-state index in [1.807, 2.05) is 14.0 Å². The van der Waals surface area contributed by atoms with E-state index in [4.69, 9.17) is 0 Å². The minimum Gasteiger partial charge on any atom is -0.308 e. The van der Waals surface area contributed by atoms with Crippen LogP contribution in [0.5, 0.6) is 0 Å². The molecule has 0 radical (unpaired) electrons. The fourth-order valence-corrected chi connectivity index (χ4v) is 2.58. The summed E-state index contributed by atoms with van der Waals surface area (Å²) >= 11 is 0. The number of benzene rings is 1. The van der Waals surface area contributed by atoms with Gasteiger partial charge < -0.3 is 5.32 Å². The summed E-state index contributed by atoms with van der Waals surface area (Å²) in [6, 6.07) is 8.98. The summed E-state index contributed by atoms with van der Waals surface area (Å²) < 4.78 is 2.08. The predicted octanol–water partition coefficient (Wildman–Crippen LogP) is 3.14. The molecule has 0 bridgehead atoms. The minimum absolute atomic E-state index is 0.195. The number of rotatable bonds is 4. The molecule has 2 aromatic rings. The molecule has 1 aromatic carbocycles. The highest BCUT2D eigenvalue weighted by atomic mass is 15.3. The molecule has 1 aromatic heterocycles. The Bertz CT molecular complexity index is 569. The van der Waals surface area contributed by atoms with Gasteiger partial charge in [-0.15, -0.1) is 0 Å². The molecule has 19 heavy (non-hydrogen) atoms. The van der Waals surface area contributed by atoms with Gasteiger partial charge in [-0.2, -0.15) is 5.10 Å². The average molecular weight is 257 g/mol. The summed E-state index contributed by atoms with van der Waals surface area (Å²) in [5.74, 6) is 0. The second-order valence-corrected chi connectivity index (χ2v) is 5.11. The molecule has 1 atom stereocenters. The van der Waals surface area contributed by atoms with E-state index < -0.39 is 0 Å². The molecule has 0 saturated heterocycles. The van der Waals surface area contributed by atoms with E-state index >= 15 is 0 Å². The molecule has 0 aliphatic rings. The number of nitrogens with one attached hydrogen (secondary N) is 1. The van der Waals surface area contributed by atoms with Crippen molar-refractivity contribution in [1.29, 1.82) is 0 Å². The number of aryl methyl sites for hydroxylation is 4. The van der Waals surface area contributed by atoms with Crippen LogP contribution in [0, 0.1) is 20.8 Å². The van der Waals surface area contributed by atoms with Crippen molar-refractivity contribution in [2.45, 2.75) is 40.3 Å². The summed E-state index contributed by atoms with van der Waals surface area (Å²) in [5.41, 5.74) is 6.24. The third-order valence-corrected chi connectivity index (χ3v) is 3.56. The SMILES string of the molecule is CCn1nc(C)cc1C(NC)c1cc(C)ccc1C. The molecular weight excluding hydrogens is 234 g/mol. The van der Waals surface area contributed by atoms with E-state index in [-0.39, 0.29) is 6.04 Å². The first-order valence-corrected chi connectivity index (χ1v) is 6.85. The zero-order valence-corrected chi connectivity index (χ0v) is 12.5. The van der Waals surface area contributed by atoms with E-state index in [9.17, 15) is 0 Å². The summed E-state index contributed by atoms with van der Waals surface area (Å²) in [6.07, 6.45) is 0. The van der Waals surface area contributed by atoms with Gasteiger partial charge in [0.05, 0.1) is 17.4 Å². The molecular formula is C16H23N3. The Balaban J connectivity index is 2.52. The predicted molar refractivity (Wildman–Crippen MR) is 79.5 cm³/mol. The van der Waals surface area contributed by atoms with Crippen LogP contribution in [0.3, 0.4) is 0 Å². The summed E-state index contributed by atoms with van der Waals surface area (Å²) in [7, 11) is 2.01. The number of hydrogen-bond acceptors (Lipinski definition) is 2. The highest BCUT2D eigenvalue weighted by Gasteiger charge is 2.19. The maximum Gasteiger partial charge on any atom is 0.0748 e. The van der Waals surface area contributed by atoms with Crippen molar-refractivity contribution < 1.29 is 0 Å². The summed E-state index contributed by atoms with van der Waals surface area (Å²) in [6.45, 7) is 9.38. The first-order valence-electron chi connectivity index (χ1n) is 6.85. The molecule has 0 aliphatic carbocycles. The Hall–Kier alpha value is -1.61. The van der Waals surface area contributed by atoms with Crippen molar-refractivity contribution in [3.8, 4) is 0 Å². The maximum atomic E-state index is 4.55. The Morgan fingerprint density at radius 2 is 1.95 bits per heavy atom. The normalized spacial score (nSPS) is 12.7. The molecule has 1 heterocycles. The van der Waals surface area contributed by atoms with Crippen LogP contribution < -0.4 is 5.32 Å². The number of aromatic nitrogens is 2. The largest absolute Gasteiger partial charge is 0.308 e. The van der Waals surface area contributed by atoms with Crippen molar-refractivity contribution in [3.05, 3.63) is 52.3 Å². The van der Waals surface area contributed by atoms with E-state index in [0.29, 0.717) is 0 Å². The van der Waals surface area contributed by atoms with Gasteiger partial charge in [-0.1, -0.05) is 23.8 Å². The second kappa shape index (κ2) is 5.57. The van der Waals surface area contributed by atoms with Crippen molar-refractivity contribution in [2.75, 3.05) is 7.05 Å². The third kappa shape index (κ3) is 2.71. The van der Waals surface area contributed by atoms with E-state index in [1.54, 1.807) is 0 Å². The monoisotopic (exact) mass is 257 g/mol. The fraction of sp³-hybridized carbons (Fsp3) is 0.438. The highest BCUT2D eigenvalue weighted by molar-refractivity contribution is 5.37. The molecule has 1 unspecified atom stereocenters. The summed E-state index contributed by atoms with van der Waals surface area (Å²) in [5, 5.41) is 7.98. The summed E-state index contributed by atoms with van der Waals surface area (Å²) in [4.78, 5) is 0. The molecule has 0 amide bonds. The smallest absolute Gasteiger partial charge is 0.0748 e. The van der Waals surface area contributed by atoms with Crippen molar-refractivity contribution in [3.63, 3.8) is 0 Å². The molecule has 0 spiro atoms. The van der Waals surface area contributed by atoms with Crippen molar-refractivity contribution in [1.82, 2.24) is 15.1 Å². The lowest BCUT2D eigenvalue weighted by atomic mass is 9.96. The van der Waals surface area contributed by atoms with Crippen LogP contribution >= 0.6 is 0 Å². The lowest BCUT2D eigenvalue weighted by molar-refractivity contribution is 0.560. The zero-order chi connectivity index (χ0) is 14.0. The van der Waals surface area contributed by atoms with Crippen LogP contribution in [0.1, 0.15) is 41.0 Å². The van der Waals surface area contributed by atoms with Crippen LogP contribution in [0.2, 0.25) is 0 Å². The van der Waals surface area contributed by atoms with E-state index in [0.717, 1.165) is 12.2 Å². The van der Waals surface area contributed by atoms with Gasteiger partial charge >= 0.3 is 0 Å². The van der Waals surface area contributed by atoms with Gasteiger partial charge in [-0.25, -0.2) is 0 Å². The van der Waals surface area contributed by atoms with E-state index in [1.165, 1.54) is 22.4 Å². The average Bonchev–Trinajstić information content (AvgIpc) is 2.76. The van der Waals surface area contributed by atoms with Crippen LogP contribution in [-0.2, 0) is 6.54 Å². The lowest BCUT2D eigenvalue weighted by Gasteiger charge is -2.20. The second-order valence-electron chi connectivity index (χ2n) is 5.11. The van der Waals surface area contributed by atoms with Crippen LogP contribution in [-0.4, -0.2) is 16.8 Å². The first-order chi connectivity index (χ1) is 9.06. The Morgan fingerprint density at radius 3 is 2.58 bits per heavy atom. The molecule has 3 heteroatoms. The lowest BCUT2D eigenvalue weighted by Crippen LogP contribution is -2.22. The quantitative estimate of drug-likeness (QED) is 0.912. The molecule has 0 fully saturated rings. The topological polar surface area (TPSA) is 29.9 Å². The fourth-order valence-electron chi connectivity index (χ4n) is 2.58. The number of nitrogens with zero attached hydrogens (tertiary/aromatic N) is 2. The maximum absolute atomic E-state index is 4.55.